The zero-order valence-electron chi connectivity index (χ0n) is 14.9. The van der Waals surface area contributed by atoms with Crippen molar-refractivity contribution < 1.29 is 31.8 Å². The normalized spacial score (nSPS) is 11.4. The van der Waals surface area contributed by atoms with Crippen molar-refractivity contribution in [2.75, 3.05) is 5.32 Å². The van der Waals surface area contributed by atoms with Gasteiger partial charge in [-0.2, -0.15) is 13.2 Å². The van der Waals surface area contributed by atoms with E-state index in [1.807, 2.05) is 0 Å². The van der Waals surface area contributed by atoms with Gasteiger partial charge in [0.1, 0.15) is 28.4 Å². The molecule has 0 unspecified atom stereocenters. The van der Waals surface area contributed by atoms with Gasteiger partial charge in [-0.3, -0.25) is 14.9 Å². The maximum Gasteiger partial charge on any atom is 0.423 e. The molecule has 1 aromatic heterocycles. The second-order valence-electron chi connectivity index (χ2n) is 6.00. The van der Waals surface area contributed by atoms with Gasteiger partial charge < -0.3 is 9.84 Å². The van der Waals surface area contributed by atoms with Gasteiger partial charge in [0.15, 0.2) is 0 Å². The highest BCUT2D eigenvalue weighted by molar-refractivity contribution is 6.33. The zero-order chi connectivity index (χ0) is 22.2. The van der Waals surface area contributed by atoms with Crippen LogP contribution in [-0.4, -0.2) is 16.0 Å². The summed E-state index contributed by atoms with van der Waals surface area (Å²) in [6.45, 7) is 1.34. The van der Waals surface area contributed by atoms with E-state index in [1.54, 1.807) is 0 Å². The highest BCUT2D eigenvalue weighted by atomic mass is 35.5. The van der Waals surface area contributed by atoms with Gasteiger partial charge in [-0.25, -0.2) is 4.39 Å². The number of aryl methyl sites for hydroxylation is 1. The van der Waals surface area contributed by atoms with Gasteiger partial charge in [0.2, 0.25) is 0 Å². The van der Waals surface area contributed by atoms with Crippen molar-refractivity contribution in [2.24, 2.45) is 0 Å². The fraction of sp³-hybridized carbons (Fsp3) is 0.111. The smallest absolute Gasteiger partial charge is 0.360 e. The van der Waals surface area contributed by atoms with Crippen LogP contribution in [0.1, 0.15) is 21.7 Å². The molecule has 1 heterocycles. The number of nitrogens with one attached hydrogen (secondary N) is 1. The minimum atomic E-state index is -5.03. The molecule has 1 N–H and O–H groups in total. The molecule has 12 heteroatoms. The Balaban J connectivity index is 2.03. The Hall–Kier alpha value is -3.47. The predicted octanol–water partition coefficient (Wildman–Crippen LogP) is 5.62. The van der Waals surface area contributed by atoms with Crippen molar-refractivity contribution in [1.82, 2.24) is 5.16 Å². The number of amides is 1. The Morgan fingerprint density at radius 1 is 1.27 bits per heavy atom. The summed E-state index contributed by atoms with van der Waals surface area (Å²) in [5.41, 5.74) is -3.80. The molecule has 0 fully saturated rings. The van der Waals surface area contributed by atoms with Crippen LogP contribution in [0.15, 0.2) is 40.9 Å². The van der Waals surface area contributed by atoms with Crippen LogP contribution in [0.3, 0.4) is 0 Å². The SMILES string of the molecule is Cc1onc(-c2c(F)cccc2Cl)c1C(=O)Nc1ccc([N+](=O)[O-])c(C(F)(F)F)c1. The van der Waals surface area contributed by atoms with Crippen LogP contribution in [0.4, 0.5) is 28.9 Å². The highest BCUT2D eigenvalue weighted by Crippen LogP contribution is 2.38. The average Bonchev–Trinajstić information content (AvgIpc) is 3.02. The third-order valence-electron chi connectivity index (χ3n) is 4.05. The lowest BCUT2D eigenvalue weighted by molar-refractivity contribution is -0.388. The standard InChI is InChI=1S/C18H10ClF4N3O4/c1-8-14(16(25-30-8)15-11(19)3-2-4-12(15)20)17(27)24-9-5-6-13(26(28)29)10(7-9)18(21,22)23/h2-7H,1H3,(H,24,27). The zero-order valence-corrected chi connectivity index (χ0v) is 15.6. The van der Waals surface area contributed by atoms with Crippen LogP contribution in [-0.2, 0) is 6.18 Å². The van der Waals surface area contributed by atoms with Crippen LogP contribution in [0, 0.1) is 22.9 Å². The Kier molecular flexibility index (Phi) is 5.49. The number of hydrogen-bond acceptors (Lipinski definition) is 5. The predicted molar refractivity (Wildman–Crippen MR) is 97.7 cm³/mol. The number of nitro benzene ring substituents is 1. The number of benzene rings is 2. The van der Waals surface area contributed by atoms with Crippen molar-refractivity contribution in [1.29, 1.82) is 0 Å². The molecule has 0 aliphatic rings. The first-order valence-electron chi connectivity index (χ1n) is 8.08. The molecule has 1 amide bonds. The van der Waals surface area contributed by atoms with Gasteiger partial charge >= 0.3 is 6.18 Å². The fourth-order valence-corrected chi connectivity index (χ4v) is 2.98. The van der Waals surface area contributed by atoms with Crippen LogP contribution < -0.4 is 5.32 Å². The number of rotatable bonds is 4. The number of hydrogen-bond donors (Lipinski definition) is 1. The summed E-state index contributed by atoms with van der Waals surface area (Å²) in [5.74, 6) is -1.80. The Labute approximate surface area is 170 Å². The lowest BCUT2D eigenvalue weighted by atomic mass is 10.0. The molecule has 0 aliphatic carbocycles. The second kappa shape index (κ2) is 7.75. The molecular weight excluding hydrogens is 434 g/mol. The molecular formula is C18H10ClF4N3O4. The third-order valence-corrected chi connectivity index (χ3v) is 4.36. The summed E-state index contributed by atoms with van der Waals surface area (Å²) < 4.78 is 58.6. The molecule has 7 nitrogen and oxygen atoms in total. The molecule has 0 saturated heterocycles. The average molecular weight is 444 g/mol. The summed E-state index contributed by atoms with van der Waals surface area (Å²) >= 11 is 5.99. The number of nitrogens with zero attached hydrogens (tertiary/aromatic N) is 2. The van der Waals surface area contributed by atoms with Crippen molar-refractivity contribution >= 4 is 28.9 Å². The topological polar surface area (TPSA) is 98.3 Å². The van der Waals surface area contributed by atoms with Gasteiger partial charge in [0.05, 0.1) is 15.5 Å². The monoisotopic (exact) mass is 443 g/mol. The highest BCUT2D eigenvalue weighted by Gasteiger charge is 2.38. The molecule has 0 atom stereocenters. The van der Waals surface area contributed by atoms with Crippen LogP contribution in [0.2, 0.25) is 5.02 Å². The number of carbonyl (C=O) groups is 1. The van der Waals surface area contributed by atoms with Gasteiger partial charge in [-0.05, 0) is 31.2 Å². The number of aromatic nitrogens is 1. The molecule has 2 aromatic carbocycles. The molecule has 156 valence electrons. The number of nitro groups is 1. The molecule has 0 saturated carbocycles. The summed E-state index contributed by atoms with van der Waals surface area (Å²) in [7, 11) is 0. The van der Waals surface area contributed by atoms with E-state index < -0.39 is 34.1 Å². The van der Waals surface area contributed by atoms with E-state index in [-0.39, 0.29) is 33.3 Å². The van der Waals surface area contributed by atoms with Gasteiger partial charge in [-0.15, -0.1) is 0 Å². The summed E-state index contributed by atoms with van der Waals surface area (Å²) in [6.07, 6.45) is -5.03. The fourth-order valence-electron chi connectivity index (χ4n) is 2.73. The first-order valence-corrected chi connectivity index (χ1v) is 8.46. The van der Waals surface area contributed by atoms with E-state index in [9.17, 15) is 32.5 Å². The van der Waals surface area contributed by atoms with Crippen LogP contribution in [0.25, 0.3) is 11.3 Å². The molecule has 0 spiro atoms. The molecule has 0 aliphatic heterocycles. The molecule has 3 rings (SSSR count). The lowest BCUT2D eigenvalue weighted by Crippen LogP contribution is -2.15. The van der Waals surface area contributed by atoms with Crippen molar-refractivity contribution in [3.63, 3.8) is 0 Å². The van der Waals surface area contributed by atoms with Crippen LogP contribution in [0.5, 0.6) is 0 Å². The quantitative estimate of drug-likeness (QED) is 0.320. The van der Waals surface area contributed by atoms with E-state index in [2.05, 4.69) is 10.5 Å². The Bertz CT molecular complexity index is 1140. The first kappa shape index (κ1) is 21.2. The van der Waals surface area contributed by atoms with Gasteiger partial charge in [0.25, 0.3) is 11.6 Å². The molecule has 0 bridgehead atoms. The molecule has 30 heavy (non-hydrogen) atoms. The minimum absolute atomic E-state index is 0.0419. The van der Waals surface area contributed by atoms with Gasteiger partial charge in [-0.1, -0.05) is 22.8 Å². The summed E-state index contributed by atoms with van der Waals surface area (Å²) in [6, 6.07) is 5.76. The maximum atomic E-state index is 14.2. The van der Waals surface area contributed by atoms with E-state index >= 15 is 0 Å². The van der Waals surface area contributed by atoms with E-state index in [0.29, 0.717) is 12.1 Å². The van der Waals surface area contributed by atoms with Crippen molar-refractivity contribution in [3.05, 3.63) is 74.2 Å². The van der Waals surface area contributed by atoms with Crippen LogP contribution >= 0.6 is 11.6 Å². The van der Waals surface area contributed by atoms with E-state index in [0.717, 1.165) is 12.1 Å². The third kappa shape index (κ3) is 3.96. The maximum absolute atomic E-state index is 14.2. The first-order chi connectivity index (χ1) is 14.0. The summed E-state index contributed by atoms with van der Waals surface area (Å²) in [5, 5.41) is 16.6. The van der Waals surface area contributed by atoms with Gasteiger partial charge in [0, 0.05) is 11.8 Å². The molecule has 0 radical (unpaired) electrons. The second-order valence-corrected chi connectivity index (χ2v) is 6.41. The largest absolute Gasteiger partial charge is 0.423 e. The summed E-state index contributed by atoms with van der Waals surface area (Å²) in [4.78, 5) is 22.4. The van der Waals surface area contributed by atoms with E-state index in [1.165, 1.54) is 19.1 Å². The lowest BCUT2D eigenvalue weighted by Gasteiger charge is -2.11. The van der Waals surface area contributed by atoms with Crippen molar-refractivity contribution in [2.45, 2.75) is 13.1 Å². The number of anilines is 1. The number of halogens is 5. The molecule has 3 aromatic rings. The minimum Gasteiger partial charge on any atom is -0.360 e. The Morgan fingerprint density at radius 2 is 1.97 bits per heavy atom. The number of carbonyl (C=O) groups excluding carboxylic acids is 1. The van der Waals surface area contributed by atoms with E-state index in [4.69, 9.17) is 16.1 Å². The number of alkyl halides is 3. The van der Waals surface area contributed by atoms with Crippen molar-refractivity contribution in [3.8, 4) is 11.3 Å². The Morgan fingerprint density at radius 3 is 2.57 bits per heavy atom.